The molecule has 1 aromatic rings. The Labute approximate surface area is 80.9 Å². The Morgan fingerprint density at radius 3 is 2.77 bits per heavy atom. The molecule has 0 unspecified atom stereocenters. The van der Waals surface area contributed by atoms with Crippen LogP contribution in [0, 0.1) is 0 Å². The van der Waals surface area contributed by atoms with Crippen LogP contribution in [0.25, 0.3) is 5.57 Å². The van der Waals surface area contributed by atoms with E-state index in [0.717, 1.165) is 16.2 Å². The van der Waals surface area contributed by atoms with E-state index in [9.17, 15) is 0 Å². The third-order valence-electron chi connectivity index (χ3n) is 2.02. The lowest BCUT2D eigenvalue weighted by molar-refractivity contribution is 0.0110. The highest BCUT2D eigenvalue weighted by molar-refractivity contribution is 7.99. The van der Waals surface area contributed by atoms with Crippen LogP contribution in [0.5, 0.6) is 0 Å². The molecule has 2 N–H and O–H groups in total. The first kappa shape index (κ1) is 8.81. The molecule has 2 nitrogen and oxygen atoms in total. The summed E-state index contributed by atoms with van der Waals surface area (Å²) in [6.45, 7) is 0. The summed E-state index contributed by atoms with van der Waals surface area (Å²) in [6.07, 6.45) is 0.500. The second-order valence-corrected chi connectivity index (χ2v) is 3.90. The van der Waals surface area contributed by atoms with E-state index in [4.69, 9.17) is 10.2 Å². The van der Waals surface area contributed by atoms with Crippen molar-refractivity contribution in [2.24, 2.45) is 0 Å². The molecule has 0 aromatic heterocycles. The zero-order valence-electron chi connectivity index (χ0n) is 6.97. The second kappa shape index (κ2) is 3.54. The van der Waals surface area contributed by atoms with Crippen molar-refractivity contribution in [2.45, 2.75) is 11.2 Å². The maximum atomic E-state index is 9.10. The van der Waals surface area contributed by atoms with E-state index in [1.807, 2.05) is 30.3 Å². The molecule has 2 rings (SSSR count). The number of aliphatic hydroxyl groups is 2. The first-order valence-corrected chi connectivity index (χ1v) is 5.06. The van der Waals surface area contributed by atoms with Crippen LogP contribution in [-0.4, -0.2) is 22.3 Å². The van der Waals surface area contributed by atoms with Crippen molar-refractivity contribution < 1.29 is 10.2 Å². The first-order valence-electron chi connectivity index (χ1n) is 4.07. The Kier molecular flexibility index (Phi) is 2.40. The molecule has 1 aliphatic heterocycles. The van der Waals surface area contributed by atoms with E-state index >= 15 is 0 Å². The molecule has 1 aromatic carbocycles. The summed E-state index contributed by atoms with van der Waals surface area (Å²) in [6, 6.07) is 7.77. The summed E-state index contributed by atoms with van der Waals surface area (Å²) in [7, 11) is 0. The van der Waals surface area contributed by atoms with Crippen molar-refractivity contribution in [2.75, 3.05) is 5.75 Å². The molecule has 0 fully saturated rings. The minimum Gasteiger partial charge on any atom is -0.364 e. The molecule has 13 heavy (non-hydrogen) atoms. The maximum absolute atomic E-state index is 9.10. The van der Waals surface area contributed by atoms with Gasteiger partial charge in [-0.15, -0.1) is 11.8 Å². The SMILES string of the molecule is OC(O)C1=CCSc2ccccc21. The summed E-state index contributed by atoms with van der Waals surface area (Å²) in [5.41, 5.74) is 1.56. The van der Waals surface area contributed by atoms with Crippen LogP contribution >= 0.6 is 11.8 Å². The van der Waals surface area contributed by atoms with Gasteiger partial charge in [0, 0.05) is 16.2 Å². The minimum absolute atomic E-state index is 0.620. The fourth-order valence-corrected chi connectivity index (χ4v) is 2.37. The Morgan fingerprint density at radius 2 is 2.00 bits per heavy atom. The fourth-order valence-electron chi connectivity index (χ4n) is 1.41. The highest BCUT2D eigenvalue weighted by Gasteiger charge is 2.16. The van der Waals surface area contributed by atoms with Crippen LogP contribution in [-0.2, 0) is 0 Å². The maximum Gasteiger partial charge on any atom is 0.178 e. The summed E-state index contributed by atoms with van der Waals surface area (Å²) in [5.74, 6) is 0.809. The molecule has 1 aliphatic rings. The monoisotopic (exact) mass is 194 g/mol. The summed E-state index contributed by atoms with van der Waals surface area (Å²) >= 11 is 1.71. The van der Waals surface area contributed by atoms with Crippen molar-refractivity contribution in [3.63, 3.8) is 0 Å². The first-order chi connectivity index (χ1) is 6.29. The minimum atomic E-state index is -1.36. The lowest BCUT2D eigenvalue weighted by atomic mass is 10.1. The molecule has 0 aliphatic carbocycles. The smallest absolute Gasteiger partial charge is 0.178 e. The van der Waals surface area contributed by atoms with Gasteiger partial charge in [-0.2, -0.15) is 0 Å². The number of hydrogen-bond donors (Lipinski definition) is 2. The van der Waals surface area contributed by atoms with Crippen molar-refractivity contribution >= 4 is 17.3 Å². The van der Waals surface area contributed by atoms with Gasteiger partial charge in [0.15, 0.2) is 6.29 Å². The van der Waals surface area contributed by atoms with Crippen molar-refractivity contribution in [1.82, 2.24) is 0 Å². The molecule has 0 bridgehead atoms. The zero-order valence-corrected chi connectivity index (χ0v) is 7.79. The second-order valence-electron chi connectivity index (χ2n) is 2.84. The van der Waals surface area contributed by atoms with Gasteiger partial charge in [-0.05, 0) is 11.6 Å². The zero-order chi connectivity index (χ0) is 9.26. The van der Waals surface area contributed by atoms with Crippen molar-refractivity contribution in [3.8, 4) is 0 Å². The van der Waals surface area contributed by atoms with Crippen LogP contribution < -0.4 is 0 Å². The topological polar surface area (TPSA) is 40.5 Å². The molecule has 0 amide bonds. The molecule has 0 atom stereocenters. The highest BCUT2D eigenvalue weighted by atomic mass is 32.2. The normalized spacial score (nSPS) is 15.5. The number of fused-ring (bicyclic) bond motifs is 1. The molecular formula is C10H10O2S. The van der Waals surface area contributed by atoms with Gasteiger partial charge < -0.3 is 10.2 Å². The largest absolute Gasteiger partial charge is 0.364 e. The van der Waals surface area contributed by atoms with E-state index in [1.54, 1.807) is 11.8 Å². The van der Waals surface area contributed by atoms with E-state index in [2.05, 4.69) is 0 Å². The van der Waals surface area contributed by atoms with Crippen LogP contribution in [0.4, 0.5) is 0 Å². The van der Waals surface area contributed by atoms with Gasteiger partial charge in [0.2, 0.25) is 0 Å². The van der Waals surface area contributed by atoms with E-state index < -0.39 is 6.29 Å². The quantitative estimate of drug-likeness (QED) is 0.665. The van der Waals surface area contributed by atoms with Gasteiger partial charge in [0.1, 0.15) is 0 Å². The number of benzene rings is 1. The number of rotatable bonds is 1. The highest BCUT2D eigenvalue weighted by Crippen LogP contribution is 2.34. The molecule has 0 saturated heterocycles. The lowest BCUT2D eigenvalue weighted by Gasteiger charge is -2.18. The molecular weight excluding hydrogens is 184 g/mol. The van der Waals surface area contributed by atoms with Crippen molar-refractivity contribution in [1.29, 1.82) is 0 Å². The Balaban J connectivity index is 2.47. The van der Waals surface area contributed by atoms with Crippen LogP contribution in [0.3, 0.4) is 0 Å². The van der Waals surface area contributed by atoms with Gasteiger partial charge in [-0.3, -0.25) is 0 Å². The number of aliphatic hydroxyl groups excluding tert-OH is 1. The predicted octanol–water partition coefficient (Wildman–Crippen LogP) is 1.49. The summed E-state index contributed by atoms with van der Waals surface area (Å²) < 4.78 is 0. The van der Waals surface area contributed by atoms with E-state index in [-0.39, 0.29) is 0 Å². The third kappa shape index (κ3) is 1.63. The Hall–Kier alpha value is -0.770. The molecule has 0 radical (unpaired) electrons. The Morgan fingerprint density at radius 1 is 1.23 bits per heavy atom. The average molecular weight is 194 g/mol. The van der Waals surface area contributed by atoms with Crippen LogP contribution in [0.2, 0.25) is 0 Å². The van der Waals surface area contributed by atoms with Gasteiger partial charge in [0.25, 0.3) is 0 Å². The number of thioether (sulfide) groups is 1. The van der Waals surface area contributed by atoms with Gasteiger partial charge in [-0.25, -0.2) is 0 Å². The van der Waals surface area contributed by atoms with Gasteiger partial charge in [0.05, 0.1) is 0 Å². The third-order valence-corrected chi connectivity index (χ3v) is 3.02. The molecule has 68 valence electrons. The van der Waals surface area contributed by atoms with E-state index in [0.29, 0.717) is 5.57 Å². The van der Waals surface area contributed by atoms with Crippen LogP contribution in [0.1, 0.15) is 5.56 Å². The van der Waals surface area contributed by atoms with Gasteiger partial charge >= 0.3 is 0 Å². The number of hydrogen-bond acceptors (Lipinski definition) is 3. The van der Waals surface area contributed by atoms with Crippen molar-refractivity contribution in [3.05, 3.63) is 35.9 Å². The lowest BCUT2D eigenvalue weighted by Crippen LogP contribution is -2.10. The summed E-state index contributed by atoms with van der Waals surface area (Å²) in [4.78, 5) is 1.12. The molecule has 0 saturated carbocycles. The fraction of sp³-hybridized carbons (Fsp3) is 0.200. The van der Waals surface area contributed by atoms with Crippen LogP contribution in [0.15, 0.2) is 35.2 Å². The molecule has 0 spiro atoms. The van der Waals surface area contributed by atoms with E-state index in [1.165, 1.54) is 0 Å². The summed E-state index contributed by atoms with van der Waals surface area (Å²) in [5, 5.41) is 18.2. The Bertz CT molecular complexity index is 345. The average Bonchev–Trinajstić information content (AvgIpc) is 2.17. The molecule has 1 heterocycles. The molecule has 3 heteroatoms. The predicted molar refractivity (Wildman–Crippen MR) is 53.4 cm³/mol. The standard InChI is InChI=1S/C10H10O2S/c11-10(12)8-5-6-13-9-4-2-1-3-7(8)9/h1-5,10-12H,6H2. The van der Waals surface area contributed by atoms with Gasteiger partial charge in [-0.1, -0.05) is 24.3 Å².